The molecule has 2 heterocycles. The fourth-order valence-electron chi connectivity index (χ4n) is 2.84. The largest absolute Gasteiger partial charge is 0.383 e. The van der Waals surface area contributed by atoms with Crippen molar-refractivity contribution < 1.29 is 4.74 Å². The van der Waals surface area contributed by atoms with E-state index in [9.17, 15) is 0 Å². The van der Waals surface area contributed by atoms with Crippen LogP contribution in [0.1, 0.15) is 18.7 Å². The van der Waals surface area contributed by atoms with E-state index in [1.54, 1.807) is 7.11 Å². The highest BCUT2D eigenvalue weighted by molar-refractivity contribution is 5.85. The minimum absolute atomic E-state index is 0. The Morgan fingerprint density at radius 1 is 1.43 bits per heavy atom. The van der Waals surface area contributed by atoms with Gasteiger partial charge >= 0.3 is 0 Å². The Bertz CT molecular complexity index is 374. The van der Waals surface area contributed by atoms with Gasteiger partial charge in [0.25, 0.3) is 0 Å². The van der Waals surface area contributed by atoms with Gasteiger partial charge < -0.3 is 14.6 Å². The average Bonchev–Trinajstić information content (AvgIpc) is 2.84. The molecular weight excluding hydrogens is 311 g/mol. The highest BCUT2D eigenvalue weighted by atomic mass is 35.5. The van der Waals surface area contributed by atoms with Gasteiger partial charge in [-0.2, -0.15) is 0 Å². The molecule has 5 nitrogen and oxygen atoms in total. The Morgan fingerprint density at radius 3 is 2.95 bits per heavy atom. The van der Waals surface area contributed by atoms with E-state index >= 15 is 0 Å². The first-order valence-electron chi connectivity index (χ1n) is 7.19. The van der Waals surface area contributed by atoms with Crippen molar-refractivity contribution in [1.29, 1.82) is 0 Å². The zero-order valence-electron chi connectivity index (χ0n) is 13.0. The number of nitrogens with one attached hydrogen (secondary N) is 1. The number of piperidine rings is 1. The van der Waals surface area contributed by atoms with Gasteiger partial charge in [-0.25, -0.2) is 4.98 Å². The van der Waals surface area contributed by atoms with Gasteiger partial charge in [0.05, 0.1) is 13.2 Å². The third-order valence-corrected chi connectivity index (χ3v) is 3.80. The highest BCUT2D eigenvalue weighted by Gasteiger charge is 2.20. The lowest BCUT2D eigenvalue weighted by Crippen LogP contribution is -2.39. The maximum Gasteiger partial charge on any atom is 0.122 e. The van der Waals surface area contributed by atoms with Gasteiger partial charge in [-0.3, -0.25) is 4.90 Å². The van der Waals surface area contributed by atoms with E-state index in [4.69, 9.17) is 4.74 Å². The molecule has 0 amide bonds. The molecule has 1 aromatic heterocycles. The molecule has 1 unspecified atom stereocenters. The number of nitrogens with zero attached hydrogens (tertiary/aromatic N) is 3. The van der Waals surface area contributed by atoms with Crippen LogP contribution in [0, 0.1) is 5.92 Å². The van der Waals surface area contributed by atoms with E-state index in [0.717, 1.165) is 38.0 Å². The SMILES string of the molecule is CNCC1CCCN(Cc2nccn2CCOC)C1.Cl.Cl. The van der Waals surface area contributed by atoms with Crippen LogP contribution in [0.15, 0.2) is 12.4 Å². The molecule has 21 heavy (non-hydrogen) atoms. The first-order chi connectivity index (χ1) is 9.33. The molecule has 0 bridgehead atoms. The Balaban J connectivity index is 0.00000200. The Morgan fingerprint density at radius 2 is 2.24 bits per heavy atom. The first-order valence-corrected chi connectivity index (χ1v) is 7.19. The van der Waals surface area contributed by atoms with Crippen molar-refractivity contribution in [3.05, 3.63) is 18.2 Å². The minimum atomic E-state index is 0. The molecule has 124 valence electrons. The molecule has 1 atom stereocenters. The summed E-state index contributed by atoms with van der Waals surface area (Å²) in [6, 6.07) is 0. The Kier molecular flexibility index (Phi) is 11.1. The average molecular weight is 339 g/mol. The molecule has 1 N–H and O–H groups in total. The summed E-state index contributed by atoms with van der Waals surface area (Å²) in [5.41, 5.74) is 0. The fourth-order valence-corrected chi connectivity index (χ4v) is 2.84. The van der Waals surface area contributed by atoms with Crippen molar-refractivity contribution in [3.8, 4) is 0 Å². The standard InChI is InChI=1S/C14H26N4O.2ClH/c1-15-10-13-4-3-6-17(11-13)12-14-16-5-7-18(14)8-9-19-2;;/h5,7,13,15H,3-4,6,8-12H2,1-2H3;2*1H. The predicted octanol–water partition coefficient (Wildman–Crippen LogP) is 1.80. The van der Waals surface area contributed by atoms with E-state index in [-0.39, 0.29) is 24.8 Å². The summed E-state index contributed by atoms with van der Waals surface area (Å²) in [6.07, 6.45) is 6.57. The zero-order chi connectivity index (χ0) is 13.5. The summed E-state index contributed by atoms with van der Waals surface area (Å²) in [4.78, 5) is 7.01. The normalized spacial score (nSPS) is 18.9. The van der Waals surface area contributed by atoms with Crippen LogP contribution in [0.4, 0.5) is 0 Å². The van der Waals surface area contributed by atoms with Crippen LogP contribution in [-0.2, 0) is 17.8 Å². The molecule has 0 radical (unpaired) electrons. The summed E-state index contributed by atoms with van der Waals surface area (Å²) in [5.74, 6) is 1.93. The topological polar surface area (TPSA) is 42.3 Å². The number of rotatable bonds is 7. The molecule has 0 aliphatic carbocycles. The number of methoxy groups -OCH3 is 1. The molecule has 0 spiro atoms. The summed E-state index contributed by atoms with van der Waals surface area (Å²) in [6.45, 7) is 6.08. The van der Waals surface area contributed by atoms with Crippen LogP contribution in [0.25, 0.3) is 0 Å². The van der Waals surface area contributed by atoms with Crippen LogP contribution < -0.4 is 5.32 Å². The van der Waals surface area contributed by atoms with Gasteiger partial charge in [-0.05, 0) is 38.9 Å². The monoisotopic (exact) mass is 338 g/mol. The lowest BCUT2D eigenvalue weighted by atomic mass is 9.98. The Labute approximate surface area is 140 Å². The fraction of sp³-hybridized carbons (Fsp3) is 0.786. The zero-order valence-corrected chi connectivity index (χ0v) is 14.6. The third-order valence-electron chi connectivity index (χ3n) is 3.80. The molecule has 2 rings (SSSR count). The van der Waals surface area contributed by atoms with Crippen LogP contribution >= 0.6 is 24.8 Å². The molecule has 0 aromatic carbocycles. The first kappa shape index (κ1) is 20.7. The number of halogens is 2. The number of likely N-dealkylation sites (tertiary alicyclic amines) is 1. The predicted molar refractivity (Wildman–Crippen MR) is 90.5 cm³/mol. The molecular formula is C14H28Cl2N4O. The number of hydrogen-bond acceptors (Lipinski definition) is 4. The molecule has 1 aromatic rings. The summed E-state index contributed by atoms with van der Waals surface area (Å²) in [7, 11) is 3.78. The smallest absolute Gasteiger partial charge is 0.122 e. The lowest BCUT2D eigenvalue weighted by molar-refractivity contribution is 0.157. The van der Waals surface area contributed by atoms with Crippen molar-refractivity contribution in [2.45, 2.75) is 25.9 Å². The summed E-state index contributed by atoms with van der Waals surface area (Å²) < 4.78 is 7.34. The second kappa shape index (κ2) is 11.3. The molecule has 1 fully saturated rings. The van der Waals surface area contributed by atoms with E-state index in [2.05, 4.69) is 19.8 Å². The van der Waals surface area contributed by atoms with Gasteiger partial charge in [-0.1, -0.05) is 0 Å². The van der Waals surface area contributed by atoms with Gasteiger partial charge in [0.15, 0.2) is 0 Å². The van der Waals surface area contributed by atoms with Gasteiger partial charge in [-0.15, -0.1) is 24.8 Å². The van der Waals surface area contributed by atoms with Gasteiger partial charge in [0.1, 0.15) is 5.82 Å². The second-order valence-corrected chi connectivity index (χ2v) is 5.33. The number of hydrogen-bond donors (Lipinski definition) is 1. The van der Waals surface area contributed by atoms with E-state index in [1.165, 1.54) is 25.9 Å². The molecule has 1 aliphatic rings. The van der Waals surface area contributed by atoms with Crippen molar-refractivity contribution >= 4 is 24.8 Å². The number of imidazole rings is 1. The van der Waals surface area contributed by atoms with Crippen molar-refractivity contribution in [3.63, 3.8) is 0 Å². The van der Waals surface area contributed by atoms with Crippen LogP contribution in [-0.4, -0.2) is 54.8 Å². The van der Waals surface area contributed by atoms with E-state index in [0.29, 0.717) is 0 Å². The highest BCUT2D eigenvalue weighted by Crippen LogP contribution is 2.17. The number of aromatic nitrogens is 2. The van der Waals surface area contributed by atoms with Crippen LogP contribution in [0.2, 0.25) is 0 Å². The third kappa shape index (κ3) is 6.53. The maximum absolute atomic E-state index is 5.14. The Hall–Kier alpha value is -0.330. The minimum Gasteiger partial charge on any atom is -0.383 e. The van der Waals surface area contributed by atoms with Gasteiger partial charge in [0, 0.05) is 32.6 Å². The molecule has 0 saturated carbocycles. The van der Waals surface area contributed by atoms with Crippen molar-refractivity contribution in [2.24, 2.45) is 5.92 Å². The van der Waals surface area contributed by atoms with Crippen molar-refractivity contribution in [1.82, 2.24) is 19.8 Å². The van der Waals surface area contributed by atoms with Crippen molar-refractivity contribution in [2.75, 3.05) is 40.4 Å². The van der Waals surface area contributed by atoms with Crippen LogP contribution in [0.3, 0.4) is 0 Å². The number of ether oxygens (including phenoxy) is 1. The molecule has 1 saturated heterocycles. The van der Waals surface area contributed by atoms with Crippen LogP contribution in [0.5, 0.6) is 0 Å². The van der Waals surface area contributed by atoms with Gasteiger partial charge in [0.2, 0.25) is 0 Å². The van der Waals surface area contributed by atoms with E-state index in [1.807, 2.05) is 19.4 Å². The summed E-state index contributed by atoms with van der Waals surface area (Å²) >= 11 is 0. The maximum atomic E-state index is 5.14. The lowest BCUT2D eigenvalue weighted by Gasteiger charge is -2.32. The quantitative estimate of drug-likeness (QED) is 0.823. The summed E-state index contributed by atoms with van der Waals surface area (Å²) in [5, 5.41) is 3.29. The second-order valence-electron chi connectivity index (χ2n) is 5.33. The van der Waals surface area contributed by atoms with E-state index < -0.39 is 0 Å². The molecule has 1 aliphatic heterocycles. The molecule has 7 heteroatoms.